The molecule has 0 N–H and O–H groups in total. The van der Waals surface area contributed by atoms with Crippen LogP contribution in [0.25, 0.3) is 11.3 Å². The summed E-state index contributed by atoms with van der Waals surface area (Å²) in [5, 5.41) is 0. The van der Waals surface area contributed by atoms with Gasteiger partial charge in [0.1, 0.15) is 0 Å². The summed E-state index contributed by atoms with van der Waals surface area (Å²) in [7, 11) is 0. The lowest BCUT2D eigenvalue weighted by Gasteiger charge is -2.50. The van der Waals surface area contributed by atoms with Gasteiger partial charge in [0.15, 0.2) is 0 Å². The fourth-order valence-corrected chi connectivity index (χ4v) is 9.51. The minimum atomic E-state index is -0.104. The van der Waals surface area contributed by atoms with Gasteiger partial charge in [-0.1, -0.05) is 130 Å². The van der Waals surface area contributed by atoms with E-state index >= 15 is 0 Å². The molecule has 0 saturated heterocycles. The van der Waals surface area contributed by atoms with Crippen molar-refractivity contribution in [3.05, 3.63) is 144 Å². The first-order valence-electron chi connectivity index (χ1n) is 16.2. The molecule has 0 radical (unpaired) electrons. The minimum Gasteiger partial charge on any atom is -0.313 e. The first kappa shape index (κ1) is 25.5. The molecule has 45 heavy (non-hydrogen) atoms. The van der Waals surface area contributed by atoms with Crippen LogP contribution in [-0.2, 0) is 10.8 Å². The fourth-order valence-electron chi connectivity index (χ4n) is 9.51. The average Bonchev–Trinajstić information content (AvgIpc) is 3.07. The van der Waals surface area contributed by atoms with Gasteiger partial charge in [0.2, 0.25) is 13.4 Å². The molecule has 6 aromatic rings. The molecule has 0 aliphatic carbocycles. The Hall–Kier alpha value is -4.82. The fraction of sp³-hybridized carbons (Fsp3) is 0.146. The van der Waals surface area contributed by atoms with Crippen molar-refractivity contribution >= 4 is 63.3 Å². The summed E-state index contributed by atoms with van der Waals surface area (Å²) < 4.78 is 0. The van der Waals surface area contributed by atoms with Gasteiger partial charge in [0, 0.05) is 34.1 Å². The molecule has 0 unspecified atom stereocenters. The second-order valence-corrected chi connectivity index (χ2v) is 14.3. The predicted octanol–water partition coefficient (Wildman–Crippen LogP) is 5.16. The molecule has 0 fully saturated rings. The topological polar surface area (TPSA) is 16.1 Å². The average molecular weight is 574 g/mol. The second kappa shape index (κ2) is 8.46. The van der Waals surface area contributed by atoms with Gasteiger partial charge >= 0.3 is 0 Å². The van der Waals surface area contributed by atoms with Crippen molar-refractivity contribution in [1.82, 2.24) is 4.98 Å². The van der Waals surface area contributed by atoms with E-state index in [1.54, 1.807) is 0 Å². The van der Waals surface area contributed by atoms with E-state index in [0.717, 1.165) is 5.69 Å². The molecule has 10 rings (SSSR count). The SMILES string of the molecule is CC1(C)c2ccccc2B2c3cc(-c4ccccn4)cc4c3N(c3cccc1c32)c1cccc2c1B4c1ccccc1C2(C)C. The molecular formula is C41H32B2N2. The molecule has 0 atom stereocenters. The maximum atomic E-state index is 4.88. The van der Waals surface area contributed by atoms with Crippen molar-refractivity contribution in [2.75, 3.05) is 4.90 Å². The zero-order valence-electron chi connectivity index (χ0n) is 26.1. The van der Waals surface area contributed by atoms with Gasteiger partial charge in [0.25, 0.3) is 0 Å². The van der Waals surface area contributed by atoms with Crippen molar-refractivity contribution < 1.29 is 0 Å². The van der Waals surface area contributed by atoms with E-state index in [4.69, 9.17) is 4.98 Å². The van der Waals surface area contributed by atoms with Crippen LogP contribution >= 0.6 is 0 Å². The molecule has 2 nitrogen and oxygen atoms in total. The van der Waals surface area contributed by atoms with Crippen molar-refractivity contribution in [2.24, 2.45) is 0 Å². The van der Waals surface area contributed by atoms with E-state index in [1.807, 2.05) is 12.3 Å². The summed E-state index contributed by atoms with van der Waals surface area (Å²) in [6.07, 6.45) is 1.92. The molecule has 4 aliphatic heterocycles. The van der Waals surface area contributed by atoms with Crippen LogP contribution in [-0.4, -0.2) is 18.4 Å². The van der Waals surface area contributed by atoms with E-state index in [2.05, 4.69) is 142 Å². The summed E-state index contributed by atoms with van der Waals surface area (Å²) in [5.74, 6) is 0. The quantitative estimate of drug-likeness (QED) is 0.252. The molecular weight excluding hydrogens is 542 g/mol. The lowest BCUT2D eigenvalue weighted by molar-refractivity contribution is 0.645. The standard InChI is InChI=1S/C41H32B2N2/c1-40(2)26-13-5-7-17-30(26)42-32-23-25(34-19-9-10-22-44-34)24-33-39(32)45(35-20-11-15-28(40)37(35)42)36-21-12-16-29-38(36)43(33)31-18-8-6-14-27(31)41(29,3)4/h5-24H,1-4H3. The van der Waals surface area contributed by atoms with Crippen LogP contribution in [0, 0.1) is 0 Å². The van der Waals surface area contributed by atoms with Gasteiger partial charge in [0.05, 0.1) is 5.69 Å². The van der Waals surface area contributed by atoms with Crippen molar-refractivity contribution in [1.29, 1.82) is 0 Å². The Morgan fingerprint density at radius 2 is 1.00 bits per heavy atom. The number of aromatic nitrogens is 1. The number of pyridine rings is 1. The smallest absolute Gasteiger partial charge is 0.247 e. The number of benzene rings is 5. The Balaban J connectivity index is 1.40. The Labute approximate surface area is 266 Å². The van der Waals surface area contributed by atoms with E-state index in [0.29, 0.717) is 0 Å². The van der Waals surface area contributed by atoms with Gasteiger partial charge in [-0.2, -0.15) is 0 Å². The van der Waals surface area contributed by atoms with Gasteiger partial charge in [-0.3, -0.25) is 4.98 Å². The Morgan fingerprint density at radius 3 is 1.51 bits per heavy atom. The predicted molar refractivity (Wildman–Crippen MR) is 191 cm³/mol. The molecule has 0 bridgehead atoms. The molecule has 212 valence electrons. The maximum absolute atomic E-state index is 4.88. The summed E-state index contributed by atoms with van der Waals surface area (Å²) in [6, 6.07) is 43.6. The molecule has 4 heteroatoms. The van der Waals surface area contributed by atoms with Gasteiger partial charge in [-0.05, 0) is 73.9 Å². The van der Waals surface area contributed by atoms with Crippen LogP contribution in [0.5, 0.6) is 0 Å². The van der Waals surface area contributed by atoms with Crippen LogP contribution in [0.1, 0.15) is 49.9 Å². The molecule has 0 spiro atoms. The van der Waals surface area contributed by atoms with Crippen molar-refractivity contribution in [3.8, 4) is 11.3 Å². The third kappa shape index (κ3) is 3.05. The summed E-state index contributed by atoms with van der Waals surface area (Å²) >= 11 is 0. The number of hydrogen-bond acceptors (Lipinski definition) is 2. The molecule has 1 aromatic heterocycles. The lowest BCUT2D eigenvalue weighted by atomic mass is 9.26. The van der Waals surface area contributed by atoms with Gasteiger partial charge < -0.3 is 4.90 Å². The Kier molecular flexibility index (Phi) is 4.79. The lowest BCUT2D eigenvalue weighted by Crippen LogP contribution is -2.70. The van der Waals surface area contributed by atoms with Gasteiger partial charge in [-0.25, -0.2) is 0 Å². The van der Waals surface area contributed by atoms with E-state index in [1.165, 1.54) is 77.7 Å². The molecule has 5 heterocycles. The highest BCUT2D eigenvalue weighted by Gasteiger charge is 2.51. The number of hydrogen-bond donors (Lipinski definition) is 0. The highest BCUT2D eigenvalue weighted by atomic mass is 15.2. The van der Waals surface area contributed by atoms with Gasteiger partial charge in [-0.15, -0.1) is 0 Å². The van der Waals surface area contributed by atoms with Crippen LogP contribution in [0.4, 0.5) is 17.1 Å². The molecule has 0 amide bonds. The van der Waals surface area contributed by atoms with Crippen molar-refractivity contribution in [2.45, 2.75) is 38.5 Å². The zero-order valence-corrected chi connectivity index (χ0v) is 26.1. The maximum Gasteiger partial charge on any atom is 0.247 e. The van der Waals surface area contributed by atoms with E-state index in [9.17, 15) is 0 Å². The van der Waals surface area contributed by atoms with E-state index < -0.39 is 0 Å². The van der Waals surface area contributed by atoms with Crippen molar-refractivity contribution in [3.63, 3.8) is 0 Å². The molecule has 4 aliphatic rings. The summed E-state index contributed by atoms with van der Waals surface area (Å²) in [4.78, 5) is 7.52. The number of fused-ring (bicyclic) bond motifs is 8. The Morgan fingerprint density at radius 1 is 0.511 bits per heavy atom. The van der Waals surface area contributed by atoms with Crippen LogP contribution in [0.2, 0.25) is 0 Å². The molecule has 0 saturated carbocycles. The Bertz CT molecular complexity index is 2110. The minimum absolute atomic E-state index is 0.104. The largest absolute Gasteiger partial charge is 0.313 e. The highest BCUT2D eigenvalue weighted by Crippen LogP contribution is 2.46. The number of nitrogens with zero attached hydrogens (tertiary/aromatic N) is 2. The normalized spacial score (nSPS) is 16.7. The van der Waals surface area contributed by atoms with Crippen LogP contribution in [0.3, 0.4) is 0 Å². The van der Waals surface area contributed by atoms with Crippen LogP contribution in [0.15, 0.2) is 121 Å². The zero-order chi connectivity index (χ0) is 30.2. The molecule has 5 aromatic carbocycles. The highest BCUT2D eigenvalue weighted by molar-refractivity contribution is 7.03. The van der Waals surface area contributed by atoms with Crippen LogP contribution < -0.4 is 37.7 Å². The first-order valence-corrected chi connectivity index (χ1v) is 16.2. The third-order valence-electron chi connectivity index (χ3n) is 11.4. The second-order valence-electron chi connectivity index (χ2n) is 14.3. The summed E-state index contributed by atoms with van der Waals surface area (Å²) in [5.41, 5.74) is 20.2. The number of anilines is 3. The number of rotatable bonds is 1. The first-order chi connectivity index (χ1) is 21.9. The monoisotopic (exact) mass is 574 g/mol. The third-order valence-corrected chi connectivity index (χ3v) is 11.4. The van der Waals surface area contributed by atoms with E-state index in [-0.39, 0.29) is 24.3 Å². The summed E-state index contributed by atoms with van der Waals surface area (Å²) in [6.45, 7) is 9.90.